The minimum absolute atomic E-state index is 0.158. The Morgan fingerprint density at radius 2 is 1.65 bits per heavy atom. The van der Waals surface area contributed by atoms with Gasteiger partial charge in [0.05, 0.1) is 18.1 Å². The van der Waals surface area contributed by atoms with Gasteiger partial charge in [0.2, 0.25) is 12.2 Å². The highest BCUT2D eigenvalue weighted by atomic mass is 19.1. The number of amides is 2. The molecule has 0 aromatic heterocycles. The van der Waals surface area contributed by atoms with Gasteiger partial charge in [-0.3, -0.25) is 9.59 Å². The van der Waals surface area contributed by atoms with Crippen molar-refractivity contribution in [1.29, 1.82) is 0 Å². The molecule has 3 aromatic rings. The second kappa shape index (κ2) is 14.9. The fourth-order valence-corrected chi connectivity index (χ4v) is 5.75. The van der Waals surface area contributed by atoms with E-state index in [1.54, 1.807) is 48.2 Å². The second-order valence-corrected chi connectivity index (χ2v) is 11.5. The van der Waals surface area contributed by atoms with Crippen LogP contribution in [0.5, 0.6) is 5.75 Å². The van der Waals surface area contributed by atoms with Crippen LogP contribution in [0.1, 0.15) is 48.6 Å². The molecule has 5 rings (SSSR count). The van der Waals surface area contributed by atoms with Crippen LogP contribution < -0.4 is 15.0 Å². The fourth-order valence-electron chi connectivity index (χ4n) is 5.75. The molecule has 2 amide bonds. The molecule has 2 saturated heterocycles. The summed E-state index contributed by atoms with van der Waals surface area (Å²) >= 11 is 0. The lowest BCUT2D eigenvalue weighted by atomic mass is 9.78. The summed E-state index contributed by atoms with van der Waals surface area (Å²) < 4.78 is 24.2. The molecule has 3 aromatic carbocycles. The molecular weight excluding hydrogens is 627 g/mol. The Labute approximate surface area is 275 Å². The van der Waals surface area contributed by atoms with Crippen LogP contribution in [0.3, 0.4) is 0 Å². The van der Waals surface area contributed by atoms with Gasteiger partial charge in [0.15, 0.2) is 6.10 Å². The van der Waals surface area contributed by atoms with Crippen LogP contribution in [0.4, 0.5) is 10.1 Å². The number of ether oxygens (including phenoxy) is 2. The summed E-state index contributed by atoms with van der Waals surface area (Å²) in [6.45, 7) is 2.24. The SMILES string of the molecule is CCNC(=O)C#Cc1ccc(N2C(=O)[C@H](CC[C@H](O)c3ccc(F)cc3)C2c2ccc(O[C@@H]3O[C@H](C(=O)O)[C@@H](O)[C@H](O)[C@H]3O)cc2)cc1. The smallest absolute Gasteiger partial charge is 0.335 e. The Hall–Kier alpha value is -4.84. The molecule has 0 saturated carbocycles. The third kappa shape index (κ3) is 7.49. The van der Waals surface area contributed by atoms with Crippen molar-refractivity contribution in [3.63, 3.8) is 0 Å². The molecule has 0 bridgehead atoms. The Kier molecular flexibility index (Phi) is 10.7. The molecule has 2 aliphatic rings. The summed E-state index contributed by atoms with van der Waals surface area (Å²) in [5.74, 6) is 2.37. The minimum Gasteiger partial charge on any atom is -0.479 e. The van der Waals surface area contributed by atoms with E-state index in [1.807, 2.05) is 0 Å². The molecule has 2 fully saturated rings. The fraction of sp³-hybridized carbons (Fsp3) is 0.343. The van der Waals surface area contributed by atoms with Gasteiger partial charge in [0, 0.05) is 23.7 Å². The Bertz CT molecular complexity index is 1670. The average molecular weight is 663 g/mol. The average Bonchev–Trinajstić information content (AvgIpc) is 3.07. The lowest BCUT2D eigenvalue weighted by Crippen LogP contribution is -2.61. The third-order valence-electron chi connectivity index (χ3n) is 8.31. The molecule has 13 heteroatoms. The zero-order chi connectivity index (χ0) is 34.5. The van der Waals surface area contributed by atoms with Gasteiger partial charge in [-0.05, 0) is 79.4 Å². The molecule has 48 heavy (non-hydrogen) atoms. The molecule has 0 radical (unpaired) electrons. The maximum Gasteiger partial charge on any atom is 0.335 e. The number of carbonyl (C=O) groups excluding carboxylic acids is 2. The summed E-state index contributed by atoms with van der Waals surface area (Å²) in [6.07, 6.45) is -9.20. The number of benzene rings is 3. The molecule has 12 nitrogen and oxygen atoms in total. The molecule has 2 heterocycles. The van der Waals surface area contributed by atoms with Crippen LogP contribution >= 0.6 is 0 Å². The van der Waals surface area contributed by atoms with E-state index < -0.39 is 66.5 Å². The molecule has 252 valence electrons. The van der Waals surface area contributed by atoms with E-state index in [2.05, 4.69) is 17.2 Å². The van der Waals surface area contributed by atoms with Crippen molar-refractivity contribution < 1.29 is 53.8 Å². The van der Waals surface area contributed by atoms with E-state index >= 15 is 0 Å². The highest BCUT2D eigenvalue weighted by Gasteiger charge is 2.49. The van der Waals surface area contributed by atoms with Crippen molar-refractivity contribution in [2.45, 2.75) is 62.6 Å². The first kappa shape index (κ1) is 34.5. The van der Waals surface area contributed by atoms with E-state index in [1.165, 1.54) is 36.4 Å². The number of aliphatic hydroxyl groups is 4. The van der Waals surface area contributed by atoms with Crippen LogP contribution in [0.15, 0.2) is 72.8 Å². The van der Waals surface area contributed by atoms with E-state index in [9.17, 15) is 44.3 Å². The highest BCUT2D eigenvalue weighted by molar-refractivity contribution is 6.03. The van der Waals surface area contributed by atoms with Crippen LogP contribution in [-0.4, -0.2) is 80.6 Å². The number of carboxylic acid groups (broad SMARTS) is 1. The van der Waals surface area contributed by atoms with E-state index in [0.717, 1.165) is 0 Å². The Balaban J connectivity index is 1.36. The van der Waals surface area contributed by atoms with Gasteiger partial charge in [-0.15, -0.1) is 0 Å². The van der Waals surface area contributed by atoms with Gasteiger partial charge in [0.25, 0.3) is 5.91 Å². The number of halogens is 1. The summed E-state index contributed by atoms with van der Waals surface area (Å²) in [4.78, 5) is 38.3. The van der Waals surface area contributed by atoms with Crippen molar-refractivity contribution in [2.24, 2.45) is 5.92 Å². The van der Waals surface area contributed by atoms with Crippen molar-refractivity contribution >= 4 is 23.5 Å². The van der Waals surface area contributed by atoms with Crippen molar-refractivity contribution in [2.75, 3.05) is 11.4 Å². The summed E-state index contributed by atoms with van der Waals surface area (Å²) in [5.41, 5.74) is 2.38. The number of rotatable bonds is 10. The maximum atomic E-state index is 13.6. The number of aliphatic carboxylic acids is 1. The quantitative estimate of drug-likeness (QED) is 0.138. The van der Waals surface area contributed by atoms with Gasteiger partial charge in [-0.1, -0.05) is 30.2 Å². The van der Waals surface area contributed by atoms with Gasteiger partial charge in [0.1, 0.15) is 29.9 Å². The summed E-state index contributed by atoms with van der Waals surface area (Å²) in [5, 5.41) is 53.0. The molecule has 2 aliphatic heterocycles. The van der Waals surface area contributed by atoms with Gasteiger partial charge < -0.3 is 45.2 Å². The van der Waals surface area contributed by atoms with Crippen LogP contribution in [0, 0.1) is 23.6 Å². The molecule has 0 spiro atoms. The summed E-state index contributed by atoms with van der Waals surface area (Å²) in [6, 6.07) is 18.3. The first-order valence-corrected chi connectivity index (χ1v) is 15.3. The van der Waals surface area contributed by atoms with Crippen LogP contribution in [0.2, 0.25) is 0 Å². The maximum absolute atomic E-state index is 13.6. The van der Waals surface area contributed by atoms with Gasteiger partial charge in [-0.2, -0.15) is 0 Å². The predicted molar refractivity (Wildman–Crippen MR) is 168 cm³/mol. The van der Waals surface area contributed by atoms with E-state index in [4.69, 9.17) is 9.47 Å². The number of carboxylic acids is 1. The number of aliphatic hydroxyl groups excluding tert-OH is 4. The van der Waals surface area contributed by atoms with Crippen LogP contribution in [-0.2, 0) is 19.1 Å². The zero-order valence-corrected chi connectivity index (χ0v) is 25.8. The molecular formula is C35H35FN2O10. The number of hydrogen-bond donors (Lipinski definition) is 6. The number of β-lactam (4-membered cyclic amide) rings is 1. The normalized spacial score (nSPS) is 25.7. The first-order chi connectivity index (χ1) is 23.0. The van der Waals surface area contributed by atoms with Crippen molar-refractivity contribution in [3.05, 3.63) is 95.3 Å². The van der Waals surface area contributed by atoms with E-state index in [0.29, 0.717) is 35.3 Å². The minimum atomic E-state index is -1.86. The van der Waals surface area contributed by atoms with Crippen molar-refractivity contribution in [1.82, 2.24) is 5.32 Å². The van der Waals surface area contributed by atoms with Gasteiger partial charge >= 0.3 is 5.97 Å². The second-order valence-electron chi connectivity index (χ2n) is 11.5. The molecule has 1 unspecified atom stereocenters. The molecule has 8 atom stereocenters. The zero-order valence-electron chi connectivity index (χ0n) is 25.8. The van der Waals surface area contributed by atoms with Gasteiger partial charge in [-0.25, -0.2) is 9.18 Å². The summed E-state index contributed by atoms with van der Waals surface area (Å²) in [7, 11) is 0. The van der Waals surface area contributed by atoms with Crippen molar-refractivity contribution in [3.8, 4) is 17.6 Å². The number of anilines is 1. The standard InChI is InChI=1S/C35H35FN2O10/c1-2-37-27(40)18-5-19-3-12-23(13-4-19)38-28(25(33(38)44)16-17-26(39)20-6-10-22(36)11-7-20)21-8-14-24(15-9-21)47-35-31(43)29(41)30(42)32(48-35)34(45)46/h3-4,6-15,25-26,28-32,35,39,41-43H,2,16-17H2,1H3,(H,37,40)(H,45,46)/t25-,26+,28?,29+,30+,31-,32+,35-/m1/s1. The Morgan fingerprint density at radius 1 is 0.979 bits per heavy atom. The first-order valence-electron chi connectivity index (χ1n) is 15.3. The number of nitrogens with zero attached hydrogens (tertiary/aromatic N) is 1. The molecule has 6 N–H and O–H groups in total. The monoisotopic (exact) mass is 662 g/mol. The number of hydrogen-bond acceptors (Lipinski definition) is 9. The Morgan fingerprint density at radius 3 is 2.27 bits per heavy atom. The van der Waals surface area contributed by atoms with Crippen LogP contribution in [0.25, 0.3) is 0 Å². The van der Waals surface area contributed by atoms with E-state index in [-0.39, 0.29) is 18.1 Å². The number of carbonyl (C=O) groups is 3. The molecule has 0 aliphatic carbocycles. The topological polar surface area (TPSA) is 186 Å². The number of nitrogens with one attached hydrogen (secondary N) is 1. The lowest BCUT2D eigenvalue weighted by Gasteiger charge is -2.48. The lowest BCUT2D eigenvalue weighted by molar-refractivity contribution is -0.271. The third-order valence-corrected chi connectivity index (χ3v) is 8.31. The highest BCUT2D eigenvalue weighted by Crippen LogP contribution is 2.46. The predicted octanol–water partition coefficient (Wildman–Crippen LogP) is 1.80. The largest absolute Gasteiger partial charge is 0.479 e.